The number of fused-ring (bicyclic) bond motifs is 2. The lowest BCUT2D eigenvalue weighted by molar-refractivity contribution is -0.121. The molecule has 110 valence electrons. The second-order valence-electron chi connectivity index (χ2n) is 7.77. The highest BCUT2D eigenvalue weighted by Gasteiger charge is 2.58. The number of carbonyl (C=O) groups is 1. The van der Waals surface area contributed by atoms with Crippen LogP contribution < -0.4 is 10.6 Å². The van der Waals surface area contributed by atoms with E-state index in [2.05, 4.69) is 31.4 Å². The van der Waals surface area contributed by atoms with E-state index in [9.17, 15) is 4.79 Å². The Hall–Kier alpha value is -0.570. The molecular weight excluding hydrogens is 236 g/mol. The summed E-state index contributed by atoms with van der Waals surface area (Å²) in [5.41, 5.74) is 0.824. The summed E-state index contributed by atoms with van der Waals surface area (Å²) in [6.45, 7) is 12.0. The zero-order chi connectivity index (χ0) is 14.3. The molecule has 2 fully saturated rings. The molecule has 2 rings (SSSR count). The van der Waals surface area contributed by atoms with Crippen LogP contribution in [0.3, 0.4) is 0 Å². The number of hydrogen-bond donors (Lipinski definition) is 2. The van der Waals surface area contributed by atoms with Crippen LogP contribution in [0.4, 0.5) is 0 Å². The van der Waals surface area contributed by atoms with Crippen LogP contribution in [-0.2, 0) is 4.79 Å². The van der Waals surface area contributed by atoms with E-state index in [0.29, 0.717) is 23.3 Å². The molecule has 0 spiro atoms. The smallest absolute Gasteiger partial charge is 0.221 e. The van der Waals surface area contributed by atoms with Gasteiger partial charge in [0.25, 0.3) is 0 Å². The van der Waals surface area contributed by atoms with E-state index >= 15 is 0 Å². The molecule has 0 heterocycles. The molecule has 3 nitrogen and oxygen atoms in total. The summed E-state index contributed by atoms with van der Waals surface area (Å²) in [6, 6.07) is 0.801. The second-order valence-corrected chi connectivity index (χ2v) is 7.77. The van der Waals surface area contributed by atoms with Gasteiger partial charge in [-0.1, -0.05) is 20.8 Å². The first kappa shape index (κ1) is 14.8. The van der Waals surface area contributed by atoms with Crippen molar-refractivity contribution in [3.05, 3.63) is 0 Å². The first-order valence-electron chi connectivity index (χ1n) is 7.78. The van der Waals surface area contributed by atoms with E-state index in [1.165, 1.54) is 19.3 Å². The highest BCUT2D eigenvalue weighted by molar-refractivity contribution is 5.76. The maximum absolute atomic E-state index is 11.7. The molecule has 3 atom stereocenters. The van der Waals surface area contributed by atoms with Gasteiger partial charge in [-0.15, -0.1) is 0 Å². The summed E-state index contributed by atoms with van der Waals surface area (Å²) >= 11 is 0. The van der Waals surface area contributed by atoms with E-state index in [1.807, 2.05) is 13.8 Å². The number of rotatable bonds is 5. The predicted molar refractivity (Wildman–Crippen MR) is 78.9 cm³/mol. The van der Waals surface area contributed by atoms with Gasteiger partial charge in [-0.3, -0.25) is 4.79 Å². The largest absolute Gasteiger partial charge is 0.354 e. The summed E-state index contributed by atoms with van der Waals surface area (Å²) in [7, 11) is 0. The molecule has 0 saturated heterocycles. The quantitative estimate of drug-likeness (QED) is 0.803. The van der Waals surface area contributed by atoms with Crippen molar-refractivity contribution in [1.29, 1.82) is 0 Å². The van der Waals surface area contributed by atoms with Crippen molar-refractivity contribution in [1.82, 2.24) is 10.6 Å². The summed E-state index contributed by atoms with van der Waals surface area (Å²) in [5, 5.41) is 6.64. The van der Waals surface area contributed by atoms with Crippen molar-refractivity contribution in [3.63, 3.8) is 0 Å². The first-order chi connectivity index (χ1) is 8.75. The Morgan fingerprint density at radius 1 is 1.32 bits per heavy atom. The van der Waals surface area contributed by atoms with E-state index in [4.69, 9.17) is 0 Å². The molecule has 0 radical (unpaired) electrons. The normalized spacial score (nSPS) is 35.9. The molecule has 2 bridgehead atoms. The average Bonchev–Trinajstić information content (AvgIpc) is 2.73. The molecule has 2 aliphatic carbocycles. The van der Waals surface area contributed by atoms with Crippen molar-refractivity contribution in [2.24, 2.45) is 16.7 Å². The Morgan fingerprint density at radius 2 is 2.00 bits per heavy atom. The number of hydrogen-bond acceptors (Lipinski definition) is 2. The standard InChI is InChI=1S/C16H30N2O/c1-11(2)18-13(19)7-9-17-14-15(3,4)12-6-8-16(14,5)10-12/h11-12,14,17H,6-10H2,1-5H3,(H,18,19)/t12-,14?,16+/m0/s1. The molecular formula is C16H30N2O. The Bertz CT molecular complexity index is 346. The number of amides is 1. The lowest BCUT2D eigenvalue weighted by Gasteiger charge is -2.43. The average molecular weight is 266 g/mol. The summed E-state index contributed by atoms with van der Waals surface area (Å²) in [5.74, 6) is 1.02. The Labute approximate surface area is 117 Å². The molecule has 19 heavy (non-hydrogen) atoms. The summed E-state index contributed by atoms with van der Waals surface area (Å²) < 4.78 is 0. The molecule has 2 aliphatic rings. The molecule has 0 aromatic rings. The fourth-order valence-electron chi connectivity index (χ4n) is 4.54. The Kier molecular flexibility index (Phi) is 3.97. The highest BCUT2D eigenvalue weighted by Crippen LogP contribution is 2.62. The molecule has 2 N–H and O–H groups in total. The van der Waals surface area contributed by atoms with Gasteiger partial charge in [0.15, 0.2) is 0 Å². The van der Waals surface area contributed by atoms with E-state index in [1.54, 1.807) is 0 Å². The van der Waals surface area contributed by atoms with E-state index in [0.717, 1.165) is 12.5 Å². The number of carbonyl (C=O) groups excluding carboxylic acids is 1. The van der Waals surface area contributed by atoms with Crippen molar-refractivity contribution in [2.75, 3.05) is 6.54 Å². The zero-order valence-electron chi connectivity index (χ0n) is 13.2. The van der Waals surface area contributed by atoms with E-state index in [-0.39, 0.29) is 11.9 Å². The third kappa shape index (κ3) is 2.81. The zero-order valence-corrected chi connectivity index (χ0v) is 13.2. The molecule has 1 unspecified atom stereocenters. The fraction of sp³-hybridized carbons (Fsp3) is 0.938. The van der Waals surface area contributed by atoms with Gasteiger partial charge in [0.05, 0.1) is 0 Å². The third-order valence-electron chi connectivity index (χ3n) is 5.42. The molecule has 2 saturated carbocycles. The minimum absolute atomic E-state index is 0.161. The van der Waals surface area contributed by atoms with Crippen LogP contribution >= 0.6 is 0 Å². The maximum atomic E-state index is 11.7. The first-order valence-corrected chi connectivity index (χ1v) is 7.78. The van der Waals surface area contributed by atoms with Crippen LogP contribution in [0, 0.1) is 16.7 Å². The van der Waals surface area contributed by atoms with Crippen molar-refractivity contribution >= 4 is 5.91 Å². The van der Waals surface area contributed by atoms with Gasteiger partial charge in [-0.05, 0) is 49.9 Å². The minimum atomic E-state index is 0.161. The SMILES string of the molecule is CC(C)NC(=O)CCNC1C(C)(C)[C@H]2CC[C@]1(C)C2. The second kappa shape index (κ2) is 5.08. The Morgan fingerprint density at radius 3 is 2.53 bits per heavy atom. The lowest BCUT2D eigenvalue weighted by Crippen LogP contribution is -2.51. The van der Waals surface area contributed by atoms with Crippen molar-refractivity contribution in [3.8, 4) is 0 Å². The van der Waals surface area contributed by atoms with Crippen LogP contribution in [-0.4, -0.2) is 24.5 Å². The predicted octanol–water partition coefficient (Wildman–Crippen LogP) is 2.71. The molecule has 3 heteroatoms. The Balaban J connectivity index is 1.84. The highest BCUT2D eigenvalue weighted by atomic mass is 16.1. The molecule has 0 aromatic heterocycles. The van der Waals surface area contributed by atoms with Gasteiger partial charge < -0.3 is 10.6 Å². The van der Waals surface area contributed by atoms with Crippen molar-refractivity contribution in [2.45, 2.75) is 72.4 Å². The number of nitrogens with one attached hydrogen (secondary N) is 2. The van der Waals surface area contributed by atoms with Crippen LogP contribution in [0.2, 0.25) is 0 Å². The molecule has 0 aromatic carbocycles. The van der Waals surface area contributed by atoms with Gasteiger partial charge in [-0.2, -0.15) is 0 Å². The molecule has 0 aliphatic heterocycles. The van der Waals surface area contributed by atoms with Gasteiger partial charge in [-0.25, -0.2) is 0 Å². The van der Waals surface area contributed by atoms with Crippen LogP contribution in [0.1, 0.15) is 60.3 Å². The van der Waals surface area contributed by atoms with Crippen molar-refractivity contribution < 1.29 is 4.79 Å². The van der Waals surface area contributed by atoms with Gasteiger partial charge in [0, 0.05) is 25.0 Å². The molecule has 1 amide bonds. The van der Waals surface area contributed by atoms with Crippen LogP contribution in [0.25, 0.3) is 0 Å². The van der Waals surface area contributed by atoms with Gasteiger partial charge >= 0.3 is 0 Å². The minimum Gasteiger partial charge on any atom is -0.354 e. The van der Waals surface area contributed by atoms with Crippen LogP contribution in [0.5, 0.6) is 0 Å². The maximum Gasteiger partial charge on any atom is 0.221 e. The fourth-order valence-corrected chi connectivity index (χ4v) is 4.54. The summed E-state index contributed by atoms with van der Waals surface area (Å²) in [6.07, 6.45) is 4.67. The topological polar surface area (TPSA) is 41.1 Å². The monoisotopic (exact) mass is 266 g/mol. The van der Waals surface area contributed by atoms with Gasteiger partial charge in [0.1, 0.15) is 0 Å². The third-order valence-corrected chi connectivity index (χ3v) is 5.42. The lowest BCUT2D eigenvalue weighted by atomic mass is 9.68. The van der Waals surface area contributed by atoms with Crippen LogP contribution in [0.15, 0.2) is 0 Å². The summed E-state index contributed by atoms with van der Waals surface area (Å²) in [4.78, 5) is 11.7. The van der Waals surface area contributed by atoms with Gasteiger partial charge in [0.2, 0.25) is 5.91 Å². The van der Waals surface area contributed by atoms with E-state index < -0.39 is 0 Å².